The molecule has 2 amide bonds. The zero-order valence-electron chi connectivity index (χ0n) is 21.9. The van der Waals surface area contributed by atoms with Gasteiger partial charge in [-0.3, -0.25) is 14.5 Å². The standard InChI is InChI=1S/C30H34N4O4/c1-3-30-12-5-4-6-18-7-8-20-16-29(2,37)26(21(20)14-18)32-27(36)19-9-10-24-22(15-19)23(11-13-38-24)34(25(35)17-30)28(31)33-30/h4,6-10,14-15,23,26,37H,3,5,11-13,16-17H2,1-2H3,(H2,31,33)(H,32,36)/b6-4+/t23-,26-,29-,30-/m1/s1. The number of guanidine groups is 1. The number of aliphatic imine (C=N–C) groups is 1. The number of hydrogen-bond acceptors (Lipinski definition) is 6. The molecule has 5 aliphatic rings. The molecule has 4 heterocycles. The summed E-state index contributed by atoms with van der Waals surface area (Å²) in [6.07, 6.45) is 7.63. The average molecular weight is 515 g/mol. The number of allylic oxidation sites excluding steroid dienone is 1. The van der Waals surface area contributed by atoms with E-state index in [0.29, 0.717) is 50.0 Å². The molecule has 1 aliphatic carbocycles. The van der Waals surface area contributed by atoms with Crippen molar-refractivity contribution >= 4 is 23.8 Å². The summed E-state index contributed by atoms with van der Waals surface area (Å²) in [5.74, 6) is 0.504. The third-order valence-corrected chi connectivity index (χ3v) is 8.61. The van der Waals surface area contributed by atoms with Gasteiger partial charge in [-0.2, -0.15) is 0 Å². The second-order valence-electron chi connectivity index (χ2n) is 11.2. The molecule has 8 nitrogen and oxygen atoms in total. The fraction of sp³-hybridized carbons (Fsp3) is 0.433. The van der Waals surface area contributed by atoms with Gasteiger partial charge in [-0.1, -0.05) is 31.2 Å². The summed E-state index contributed by atoms with van der Waals surface area (Å²) < 4.78 is 5.89. The van der Waals surface area contributed by atoms with E-state index in [1.54, 1.807) is 30.0 Å². The van der Waals surface area contributed by atoms with Gasteiger partial charge < -0.3 is 20.9 Å². The van der Waals surface area contributed by atoms with Crippen molar-refractivity contribution < 1.29 is 19.4 Å². The van der Waals surface area contributed by atoms with Crippen molar-refractivity contribution in [2.75, 3.05) is 6.61 Å². The van der Waals surface area contributed by atoms with E-state index in [2.05, 4.69) is 24.4 Å². The Hall–Kier alpha value is -3.65. The highest BCUT2D eigenvalue weighted by Crippen LogP contribution is 2.42. The van der Waals surface area contributed by atoms with E-state index in [1.165, 1.54) is 0 Å². The molecular weight excluding hydrogens is 480 g/mol. The molecule has 198 valence electrons. The lowest BCUT2D eigenvalue weighted by atomic mass is 9.84. The predicted molar refractivity (Wildman–Crippen MR) is 145 cm³/mol. The first-order chi connectivity index (χ1) is 18.2. The molecule has 6 bridgehead atoms. The van der Waals surface area contributed by atoms with Crippen LogP contribution in [0.2, 0.25) is 0 Å². The minimum atomic E-state index is -1.11. The van der Waals surface area contributed by atoms with E-state index in [0.717, 1.165) is 28.7 Å². The number of nitrogens with zero attached hydrogens (tertiary/aromatic N) is 2. The number of carbonyl (C=O) groups excluding carboxylic acids is 2. The second kappa shape index (κ2) is 8.98. The molecule has 0 radical (unpaired) electrons. The second-order valence-corrected chi connectivity index (χ2v) is 11.2. The van der Waals surface area contributed by atoms with Crippen LogP contribution in [0.25, 0.3) is 6.08 Å². The first-order valence-electron chi connectivity index (χ1n) is 13.5. The SMILES string of the molecule is CC[C@@]12CC/C=C/c3ccc4c(c3)[C@@H](NC(=O)c3ccc5c(c3)[C@@H](CCO5)N(C(=O)C1)C(N)=N2)[C@](C)(O)C4. The zero-order chi connectivity index (χ0) is 26.7. The molecule has 0 saturated heterocycles. The van der Waals surface area contributed by atoms with E-state index < -0.39 is 17.2 Å². The van der Waals surface area contributed by atoms with Crippen molar-refractivity contribution in [2.45, 2.75) is 75.6 Å². The number of fused-ring (bicyclic) bond motifs is 4. The van der Waals surface area contributed by atoms with Crippen LogP contribution in [-0.4, -0.2) is 45.5 Å². The maximum absolute atomic E-state index is 13.6. The summed E-state index contributed by atoms with van der Waals surface area (Å²) in [6, 6.07) is 10.5. The van der Waals surface area contributed by atoms with Crippen molar-refractivity contribution in [2.24, 2.45) is 10.7 Å². The van der Waals surface area contributed by atoms with Gasteiger partial charge in [0, 0.05) is 24.0 Å². The van der Waals surface area contributed by atoms with Gasteiger partial charge in [0.1, 0.15) is 5.75 Å². The number of aliphatic hydroxyl groups is 1. The van der Waals surface area contributed by atoms with Gasteiger partial charge in [0.05, 0.1) is 36.3 Å². The molecule has 4 aliphatic heterocycles. The Morgan fingerprint density at radius 3 is 2.82 bits per heavy atom. The quantitative estimate of drug-likeness (QED) is 0.535. The lowest BCUT2D eigenvalue weighted by Crippen LogP contribution is -2.53. The Balaban J connectivity index is 1.47. The Morgan fingerprint density at radius 1 is 1.18 bits per heavy atom. The highest BCUT2D eigenvalue weighted by molar-refractivity contribution is 6.00. The molecular formula is C30H34N4O4. The number of carbonyl (C=O) groups is 2. The summed E-state index contributed by atoms with van der Waals surface area (Å²) in [7, 11) is 0. The van der Waals surface area contributed by atoms with Crippen LogP contribution in [0.5, 0.6) is 5.75 Å². The van der Waals surface area contributed by atoms with E-state index in [4.69, 9.17) is 15.5 Å². The summed E-state index contributed by atoms with van der Waals surface area (Å²) >= 11 is 0. The van der Waals surface area contributed by atoms with Gasteiger partial charge in [-0.05, 0) is 67.1 Å². The topological polar surface area (TPSA) is 117 Å². The smallest absolute Gasteiger partial charge is 0.251 e. The maximum Gasteiger partial charge on any atom is 0.251 e. The minimum absolute atomic E-state index is 0.0561. The average Bonchev–Trinajstić information content (AvgIpc) is 3.14. The fourth-order valence-corrected chi connectivity index (χ4v) is 6.46. The molecule has 0 fully saturated rings. The van der Waals surface area contributed by atoms with Crippen LogP contribution in [0.3, 0.4) is 0 Å². The molecule has 8 heteroatoms. The van der Waals surface area contributed by atoms with E-state index >= 15 is 0 Å². The molecule has 38 heavy (non-hydrogen) atoms. The number of hydrogen-bond donors (Lipinski definition) is 3. The molecule has 0 saturated carbocycles. The first kappa shape index (κ1) is 24.7. The van der Waals surface area contributed by atoms with Gasteiger partial charge >= 0.3 is 0 Å². The third-order valence-electron chi connectivity index (χ3n) is 8.61. The largest absolute Gasteiger partial charge is 0.493 e. The number of benzene rings is 2. The van der Waals surface area contributed by atoms with E-state index in [9.17, 15) is 14.7 Å². The molecule has 2 aromatic rings. The third kappa shape index (κ3) is 4.07. The number of nitrogens with one attached hydrogen (secondary N) is 1. The molecule has 7 rings (SSSR count). The molecule has 0 unspecified atom stereocenters. The monoisotopic (exact) mass is 514 g/mol. The Bertz CT molecular complexity index is 1380. The lowest BCUT2D eigenvalue weighted by Gasteiger charge is -2.42. The summed E-state index contributed by atoms with van der Waals surface area (Å²) in [5, 5.41) is 14.3. The lowest BCUT2D eigenvalue weighted by molar-refractivity contribution is -0.132. The molecule has 0 aromatic heterocycles. The van der Waals surface area contributed by atoms with Gasteiger partial charge in [0.15, 0.2) is 5.96 Å². The predicted octanol–water partition coefficient (Wildman–Crippen LogP) is 3.79. The van der Waals surface area contributed by atoms with Crippen molar-refractivity contribution in [1.29, 1.82) is 0 Å². The van der Waals surface area contributed by atoms with Crippen LogP contribution in [0.15, 0.2) is 47.5 Å². The summed E-state index contributed by atoms with van der Waals surface area (Å²) in [5.41, 5.74) is 8.98. The van der Waals surface area contributed by atoms with Gasteiger partial charge in [-0.15, -0.1) is 0 Å². The van der Waals surface area contributed by atoms with Gasteiger partial charge in [-0.25, -0.2) is 4.99 Å². The maximum atomic E-state index is 13.6. The molecule has 4 N–H and O–H groups in total. The molecule has 2 aromatic carbocycles. The van der Waals surface area contributed by atoms with Gasteiger partial charge in [0.25, 0.3) is 5.91 Å². The number of rotatable bonds is 1. The highest BCUT2D eigenvalue weighted by atomic mass is 16.5. The van der Waals surface area contributed by atoms with Crippen molar-refractivity contribution in [3.63, 3.8) is 0 Å². The van der Waals surface area contributed by atoms with Gasteiger partial charge in [0.2, 0.25) is 5.91 Å². The van der Waals surface area contributed by atoms with Crippen LogP contribution < -0.4 is 15.8 Å². The van der Waals surface area contributed by atoms with Crippen LogP contribution in [0.1, 0.15) is 90.6 Å². The van der Waals surface area contributed by atoms with Crippen LogP contribution in [0.4, 0.5) is 0 Å². The number of nitrogens with two attached hydrogens (primary N) is 1. The number of amides is 2. The summed E-state index contributed by atoms with van der Waals surface area (Å²) in [6.45, 7) is 4.25. The van der Waals surface area contributed by atoms with Crippen molar-refractivity contribution in [3.8, 4) is 5.75 Å². The van der Waals surface area contributed by atoms with E-state index in [1.807, 2.05) is 18.2 Å². The molecule has 4 atom stereocenters. The van der Waals surface area contributed by atoms with Crippen LogP contribution >= 0.6 is 0 Å². The number of ether oxygens (including phenoxy) is 1. The summed E-state index contributed by atoms with van der Waals surface area (Å²) in [4.78, 5) is 33.6. The fourth-order valence-electron chi connectivity index (χ4n) is 6.46. The van der Waals surface area contributed by atoms with Crippen LogP contribution in [0, 0.1) is 0 Å². The molecule has 0 spiro atoms. The minimum Gasteiger partial charge on any atom is -0.493 e. The van der Waals surface area contributed by atoms with Crippen LogP contribution in [-0.2, 0) is 11.2 Å². The Labute approximate surface area is 222 Å². The first-order valence-corrected chi connectivity index (χ1v) is 13.5. The highest BCUT2D eigenvalue weighted by Gasteiger charge is 2.44. The normalized spacial score (nSPS) is 31.1. The van der Waals surface area contributed by atoms with Crippen molar-refractivity contribution in [3.05, 3.63) is 70.3 Å². The zero-order valence-corrected chi connectivity index (χ0v) is 21.9. The Kier molecular flexibility index (Phi) is 5.83. The van der Waals surface area contributed by atoms with Crippen molar-refractivity contribution in [1.82, 2.24) is 10.2 Å². The van der Waals surface area contributed by atoms with E-state index in [-0.39, 0.29) is 23.8 Å². The Morgan fingerprint density at radius 2 is 2.03 bits per heavy atom.